The first kappa shape index (κ1) is 6.67. The van der Waals surface area contributed by atoms with E-state index in [9.17, 15) is 9.59 Å². The maximum atomic E-state index is 10.6. The molecule has 3 nitrogen and oxygen atoms in total. The van der Waals surface area contributed by atoms with Crippen LogP contribution in [0.1, 0.15) is 6.42 Å². The molecule has 1 rings (SSSR count). The molecule has 2 amide bonds. The van der Waals surface area contributed by atoms with Crippen LogP contribution in [0.2, 0.25) is 0 Å². The molecule has 46 valence electrons. The van der Waals surface area contributed by atoms with Gasteiger partial charge in [-0.15, -0.1) is 0 Å². The molecule has 9 heavy (non-hydrogen) atoms. The van der Waals surface area contributed by atoms with Crippen molar-refractivity contribution in [2.24, 2.45) is 0 Å². The average molecular weight is 141 g/mol. The lowest BCUT2D eigenvalue weighted by Gasteiger charge is -2.03. The average Bonchev–Trinajstić information content (AvgIpc) is 1.98. The Kier molecular flexibility index (Phi) is 1.53. The summed E-state index contributed by atoms with van der Waals surface area (Å²) in [4.78, 5) is 21.8. The Hall–Kier alpha value is -0.445. The summed E-state index contributed by atoms with van der Waals surface area (Å²) < 4.78 is 0. The van der Waals surface area contributed by atoms with Gasteiger partial charge in [-0.2, -0.15) is 12.6 Å². The summed E-state index contributed by atoms with van der Waals surface area (Å²) in [5.74, 6) is -0.775. The number of nitrogens with zero attached hydrogens (tertiary/aromatic N) is 1. The molecule has 5 heteroatoms. The van der Waals surface area contributed by atoms with Crippen LogP contribution in [0.15, 0.2) is 0 Å². The van der Waals surface area contributed by atoms with Crippen molar-refractivity contribution in [1.29, 1.82) is 0 Å². The predicted molar refractivity (Wildman–Crippen MR) is 35.0 cm³/mol. The van der Waals surface area contributed by atoms with Crippen LogP contribution >= 0.6 is 12.6 Å². The highest BCUT2D eigenvalue weighted by Gasteiger charge is 2.32. The minimum absolute atomic E-state index is 0.123. The third-order valence-electron chi connectivity index (χ3n) is 1.16. The number of amides is 2. The molecule has 1 aliphatic rings. The fourth-order valence-corrected chi connectivity index (χ4v) is 0.915. The summed E-state index contributed by atoms with van der Waals surface area (Å²) in [5, 5.41) is -0.525. The van der Waals surface area contributed by atoms with Gasteiger partial charge in [0.1, 0.15) is 0 Å². The largest absolute Gasteiger partial charge is 0.340 e. The molecule has 0 aliphatic carbocycles. The Balaban J connectivity index is 2.77. The van der Waals surface area contributed by atoms with E-state index in [1.807, 2.05) is 0 Å². The van der Waals surface area contributed by atoms with E-state index < -0.39 is 11.2 Å². The van der Waals surface area contributed by atoms with Gasteiger partial charge in [-0.3, -0.25) is 9.59 Å². The van der Waals surface area contributed by atoms with Gasteiger partial charge in [0.2, 0.25) is 19.8 Å². The van der Waals surface area contributed by atoms with Crippen LogP contribution in [0.25, 0.3) is 0 Å². The first-order valence-electron chi connectivity index (χ1n) is 2.42. The van der Waals surface area contributed by atoms with Crippen molar-refractivity contribution in [2.75, 3.05) is 0 Å². The Morgan fingerprint density at radius 2 is 2.22 bits per heavy atom. The summed E-state index contributed by atoms with van der Waals surface area (Å²) in [7, 11) is 5.00. The Labute approximate surface area is 59.2 Å². The third-order valence-corrected chi connectivity index (χ3v) is 1.56. The summed E-state index contributed by atoms with van der Waals surface area (Å²) in [6.07, 6.45) is 0.123. The number of imide groups is 1. The van der Waals surface area contributed by atoms with Crippen molar-refractivity contribution in [3.8, 4) is 0 Å². The van der Waals surface area contributed by atoms with Crippen molar-refractivity contribution >= 4 is 32.4 Å². The molecule has 0 bridgehead atoms. The number of thiol groups is 1. The number of hydrogen-bond donors (Lipinski definition) is 1. The standard InChI is InChI=1S/C4H4BNO2S/c5-6-3(7)1-2(9)4(6)8/h2,9H,1H2. The van der Waals surface area contributed by atoms with Crippen LogP contribution in [-0.2, 0) is 9.59 Å². The second kappa shape index (κ2) is 2.06. The molecule has 1 saturated heterocycles. The van der Waals surface area contributed by atoms with E-state index in [1.165, 1.54) is 0 Å². The zero-order valence-corrected chi connectivity index (χ0v) is 5.47. The lowest BCUT2D eigenvalue weighted by atomic mass is 10.3. The summed E-state index contributed by atoms with van der Waals surface area (Å²) in [6, 6.07) is 0. The van der Waals surface area contributed by atoms with E-state index in [0.717, 1.165) is 0 Å². The van der Waals surface area contributed by atoms with Crippen molar-refractivity contribution in [3.63, 3.8) is 0 Å². The van der Waals surface area contributed by atoms with Crippen LogP contribution in [-0.4, -0.2) is 29.9 Å². The molecule has 1 heterocycles. The molecule has 1 aliphatic heterocycles. The normalized spacial score (nSPS) is 27.7. The van der Waals surface area contributed by atoms with E-state index in [2.05, 4.69) is 12.6 Å². The van der Waals surface area contributed by atoms with Gasteiger partial charge >= 0.3 is 0 Å². The van der Waals surface area contributed by atoms with Gasteiger partial charge in [0, 0.05) is 6.42 Å². The van der Waals surface area contributed by atoms with Crippen LogP contribution in [0, 0.1) is 0 Å². The number of carbonyl (C=O) groups is 2. The fourth-order valence-electron chi connectivity index (χ4n) is 0.635. The second-order valence-electron chi connectivity index (χ2n) is 1.82. The molecular weight excluding hydrogens is 137 g/mol. The van der Waals surface area contributed by atoms with Gasteiger partial charge in [0.05, 0.1) is 5.25 Å². The van der Waals surface area contributed by atoms with E-state index in [1.54, 1.807) is 0 Å². The van der Waals surface area contributed by atoms with E-state index in [-0.39, 0.29) is 12.3 Å². The molecule has 1 unspecified atom stereocenters. The van der Waals surface area contributed by atoms with Crippen molar-refractivity contribution in [3.05, 3.63) is 0 Å². The van der Waals surface area contributed by atoms with Crippen LogP contribution in [0.3, 0.4) is 0 Å². The second-order valence-corrected chi connectivity index (χ2v) is 2.45. The molecule has 0 aromatic heterocycles. The minimum Gasteiger partial charge on any atom is -0.340 e. The maximum Gasteiger partial charge on any atom is 0.242 e. The quantitative estimate of drug-likeness (QED) is 0.270. The zero-order chi connectivity index (χ0) is 7.02. The predicted octanol–water partition coefficient (Wildman–Crippen LogP) is -0.873. The maximum absolute atomic E-state index is 10.6. The van der Waals surface area contributed by atoms with Crippen LogP contribution < -0.4 is 0 Å². The van der Waals surface area contributed by atoms with Gasteiger partial charge in [0.25, 0.3) is 0 Å². The number of carbonyl (C=O) groups excluding carboxylic acids is 2. The molecule has 1 atom stereocenters. The molecule has 0 N–H and O–H groups in total. The fraction of sp³-hybridized carbons (Fsp3) is 0.500. The first-order chi connectivity index (χ1) is 4.13. The molecular formula is C4H4BNO2S. The minimum atomic E-state index is -0.525. The highest BCUT2D eigenvalue weighted by molar-refractivity contribution is 7.81. The summed E-state index contributed by atoms with van der Waals surface area (Å²) in [5.41, 5.74) is 0. The highest BCUT2D eigenvalue weighted by Crippen LogP contribution is 2.14. The molecule has 1 fully saturated rings. The van der Waals surface area contributed by atoms with Gasteiger partial charge in [-0.25, -0.2) is 0 Å². The molecule has 0 aromatic carbocycles. The molecule has 0 saturated carbocycles. The third kappa shape index (κ3) is 0.964. The summed E-state index contributed by atoms with van der Waals surface area (Å²) in [6.45, 7) is 0. The SMILES string of the molecule is [B]N1C(=O)CC(S)C1=O. The van der Waals surface area contributed by atoms with Gasteiger partial charge < -0.3 is 4.81 Å². The molecule has 0 aromatic rings. The van der Waals surface area contributed by atoms with E-state index in [0.29, 0.717) is 4.81 Å². The van der Waals surface area contributed by atoms with Crippen molar-refractivity contribution in [1.82, 2.24) is 4.81 Å². The Morgan fingerprint density at radius 1 is 1.67 bits per heavy atom. The van der Waals surface area contributed by atoms with E-state index in [4.69, 9.17) is 7.98 Å². The monoisotopic (exact) mass is 141 g/mol. The van der Waals surface area contributed by atoms with Gasteiger partial charge in [-0.1, -0.05) is 0 Å². The number of rotatable bonds is 0. The smallest absolute Gasteiger partial charge is 0.242 e. The Bertz CT molecular complexity index is 172. The zero-order valence-electron chi connectivity index (χ0n) is 4.57. The topological polar surface area (TPSA) is 37.4 Å². The molecule has 0 spiro atoms. The van der Waals surface area contributed by atoms with Gasteiger partial charge in [-0.05, 0) is 0 Å². The summed E-state index contributed by atoms with van der Waals surface area (Å²) >= 11 is 3.81. The highest BCUT2D eigenvalue weighted by atomic mass is 32.1. The Morgan fingerprint density at radius 3 is 2.33 bits per heavy atom. The van der Waals surface area contributed by atoms with E-state index >= 15 is 0 Å². The lowest BCUT2D eigenvalue weighted by Crippen LogP contribution is -2.27. The molecule has 2 radical (unpaired) electrons. The van der Waals surface area contributed by atoms with Gasteiger partial charge in [0.15, 0.2) is 0 Å². The lowest BCUT2D eigenvalue weighted by molar-refractivity contribution is -0.132. The van der Waals surface area contributed by atoms with Crippen LogP contribution in [0.4, 0.5) is 0 Å². The van der Waals surface area contributed by atoms with Crippen molar-refractivity contribution < 1.29 is 9.59 Å². The van der Waals surface area contributed by atoms with Crippen molar-refractivity contribution in [2.45, 2.75) is 11.7 Å². The first-order valence-corrected chi connectivity index (χ1v) is 2.94. The number of hydrogen-bond acceptors (Lipinski definition) is 3. The van der Waals surface area contributed by atoms with Crippen LogP contribution in [0.5, 0.6) is 0 Å².